The highest BCUT2D eigenvalue weighted by Gasteiger charge is 2.19. The van der Waals surface area contributed by atoms with Gasteiger partial charge in [-0.1, -0.05) is 11.8 Å². The molecule has 21 heavy (non-hydrogen) atoms. The van der Waals surface area contributed by atoms with Crippen LogP contribution in [0.3, 0.4) is 0 Å². The third-order valence-corrected chi connectivity index (χ3v) is 3.93. The number of aromatic nitrogens is 2. The monoisotopic (exact) mass is 309 g/mol. The van der Waals surface area contributed by atoms with Crippen LogP contribution in [0.5, 0.6) is 0 Å². The van der Waals surface area contributed by atoms with Gasteiger partial charge in [-0.05, 0) is 18.2 Å². The molecule has 6 nitrogen and oxygen atoms in total. The lowest BCUT2D eigenvalue weighted by molar-refractivity contribution is 0.350. The largest absolute Gasteiger partial charge is 0.384 e. The van der Waals surface area contributed by atoms with Gasteiger partial charge in [-0.2, -0.15) is 5.10 Å². The molecule has 0 fully saturated rings. The average molecular weight is 309 g/mol. The van der Waals surface area contributed by atoms with Crippen molar-refractivity contribution in [1.29, 1.82) is 0 Å². The van der Waals surface area contributed by atoms with Gasteiger partial charge >= 0.3 is 0 Å². The first-order valence-electron chi connectivity index (χ1n) is 5.83. The molecule has 2 aromatic rings. The average Bonchev–Trinajstić information content (AvgIpc) is 2.80. The highest BCUT2D eigenvalue weighted by Crippen LogP contribution is 2.19. The summed E-state index contributed by atoms with van der Waals surface area (Å²) < 4.78 is 41.6. The molecule has 1 aromatic heterocycles. The standard InChI is InChI=1S/C13H12FN3O3S/c1-17-9-12(8-15-17)16-21(19,20)13-5-4-11(14)7-10(13)3-2-6-18/h4-5,7-9,16,18H,6H2,1H3. The molecule has 0 saturated carbocycles. The van der Waals surface area contributed by atoms with E-state index >= 15 is 0 Å². The summed E-state index contributed by atoms with van der Waals surface area (Å²) in [5, 5.41) is 12.5. The zero-order valence-electron chi connectivity index (χ0n) is 11.0. The van der Waals surface area contributed by atoms with E-state index in [0.29, 0.717) is 0 Å². The van der Waals surface area contributed by atoms with Crippen molar-refractivity contribution in [3.05, 3.63) is 42.0 Å². The second kappa shape index (κ2) is 5.95. The van der Waals surface area contributed by atoms with Crippen molar-refractivity contribution in [1.82, 2.24) is 9.78 Å². The van der Waals surface area contributed by atoms with Gasteiger partial charge in [0.2, 0.25) is 0 Å². The number of benzene rings is 1. The third-order valence-electron chi connectivity index (χ3n) is 2.49. The number of aliphatic hydroxyl groups is 1. The molecule has 0 atom stereocenters. The van der Waals surface area contributed by atoms with Crippen LogP contribution < -0.4 is 4.72 Å². The molecule has 0 aliphatic rings. The minimum Gasteiger partial charge on any atom is -0.384 e. The van der Waals surface area contributed by atoms with Crippen LogP contribution in [0.15, 0.2) is 35.5 Å². The van der Waals surface area contributed by atoms with Crippen LogP contribution in [0, 0.1) is 17.7 Å². The van der Waals surface area contributed by atoms with Crippen LogP contribution in [-0.2, 0) is 17.1 Å². The Morgan fingerprint density at radius 3 is 2.86 bits per heavy atom. The number of hydrogen-bond donors (Lipinski definition) is 2. The zero-order chi connectivity index (χ0) is 15.5. The fourth-order valence-corrected chi connectivity index (χ4v) is 2.83. The van der Waals surface area contributed by atoms with Crippen molar-refractivity contribution in [2.24, 2.45) is 7.05 Å². The first kappa shape index (κ1) is 15.0. The van der Waals surface area contributed by atoms with Gasteiger partial charge in [0.25, 0.3) is 10.0 Å². The third kappa shape index (κ3) is 3.59. The second-order valence-electron chi connectivity index (χ2n) is 4.11. The van der Waals surface area contributed by atoms with Crippen molar-refractivity contribution in [3.8, 4) is 11.8 Å². The van der Waals surface area contributed by atoms with Gasteiger partial charge in [0, 0.05) is 18.8 Å². The first-order chi connectivity index (χ1) is 9.92. The van der Waals surface area contributed by atoms with Crippen molar-refractivity contribution >= 4 is 15.7 Å². The number of anilines is 1. The number of aliphatic hydroxyl groups excluding tert-OH is 1. The van der Waals surface area contributed by atoms with Gasteiger partial charge in [0.1, 0.15) is 17.3 Å². The van der Waals surface area contributed by atoms with Gasteiger partial charge in [-0.15, -0.1) is 0 Å². The molecule has 0 spiro atoms. The number of hydrogen-bond acceptors (Lipinski definition) is 4. The maximum Gasteiger partial charge on any atom is 0.263 e. The quantitative estimate of drug-likeness (QED) is 0.818. The van der Waals surface area contributed by atoms with Crippen LogP contribution >= 0.6 is 0 Å². The molecule has 0 aliphatic carbocycles. The van der Waals surface area contributed by atoms with Crippen molar-refractivity contribution in [3.63, 3.8) is 0 Å². The van der Waals surface area contributed by atoms with Crippen LogP contribution in [0.1, 0.15) is 5.56 Å². The second-order valence-corrected chi connectivity index (χ2v) is 5.76. The Balaban J connectivity index is 2.44. The molecule has 0 radical (unpaired) electrons. The Bertz CT molecular complexity index is 819. The topological polar surface area (TPSA) is 84.2 Å². The number of nitrogens with one attached hydrogen (secondary N) is 1. The fourth-order valence-electron chi connectivity index (χ4n) is 1.65. The molecule has 1 aromatic carbocycles. The van der Waals surface area contributed by atoms with Crippen LogP contribution in [0.4, 0.5) is 10.1 Å². The highest BCUT2D eigenvalue weighted by molar-refractivity contribution is 7.92. The Morgan fingerprint density at radius 1 is 1.48 bits per heavy atom. The number of aryl methyl sites for hydroxylation is 1. The minimum atomic E-state index is -3.93. The lowest BCUT2D eigenvalue weighted by Gasteiger charge is -2.08. The lowest BCUT2D eigenvalue weighted by atomic mass is 10.2. The lowest BCUT2D eigenvalue weighted by Crippen LogP contribution is -2.14. The van der Waals surface area contributed by atoms with Gasteiger partial charge in [0.15, 0.2) is 0 Å². The summed E-state index contributed by atoms with van der Waals surface area (Å²) in [6, 6.07) is 3.15. The van der Waals surface area contributed by atoms with E-state index in [1.807, 2.05) is 0 Å². The van der Waals surface area contributed by atoms with Gasteiger partial charge < -0.3 is 5.11 Å². The maximum absolute atomic E-state index is 13.2. The predicted molar refractivity (Wildman–Crippen MR) is 74.4 cm³/mol. The summed E-state index contributed by atoms with van der Waals surface area (Å²) >= 11 is 0. The maximum atomic E-state index is 13.2. The number of halogens is 1. The fraction of sp³-hybridized carbons (Fsp3) is 0.154. The molecule has 0 saturated heterocycles. The Morgan fingerprint density at radius 2 is 2.24 bits per heavy atom. The minimum absolute atomic E-state index is 0.0274. The first-order valence-corrected chi connectivity index (χ1v) is 7.31. The van der Waals surface area contributed by atoms with E-state index in [2.05, 4.69) is 21.7 Å². The van der Waals surface area contributed by atoms with E-state index in [-0.39, 0.29) is 16.1 Å². The summed E-state index contributed by atoms with van der Waals surface area (Å²) in [4.78, 5) is -0.172. The van der Waals surface area contributed by atoms with E-state index < -0.39 is 22.4 Å². The van der Waals surface area contributed by atoms with E-state index in [4.69, 9.17) is 5.11 Å². The van der Waals surface area contributed by atoms with E-state index in [9.17, 15) is 12.8 Å². The van der Waals surface area contributed by atoms with E-state index in [0.717, 1.165) is 18.2 Å². The Kier molecular flexibility index (Phi) is 4.26. The summed E-state index contributed by atoms with van der Waals surface area (Å²) in [6.07, 6.45) is 2.83. The molecule has 1 heterocycles. The number of rotatable bonds is 3. The molecule has 110 valence electrons. The van der Waals surface area contributed by atoms with Crippen LogP contribution in [0.25, 0.3) is 0 Å². The molecular formula is C13H12FN3O3S. The van der Waals surface area contributed by atoms with E-state index in [1.165, 1.54) is 17.1 Å². The molecular weight excluding hydrogens is 297 g/mol. The summed E-state index contributed by atoms with van der Waals surface area (Å²) in [5.41, 5.74) is 0.253. The highest BCUT2D eigenvalue weighted by atomic mass is 32.2. The zero-order valence-corrected chi connectivity index (χ0v) is 11.9. The molecule has 2 rings (SSSR count). The van der Waals surface area contributed by atoms with Crippen molar-refractivity contribution in [2.45, 2.75) is 4.90 Å². The van der Waals surface area contributed by atoms with Crippen LogP contribution in [0.2, 0.25) is 0 Å². The Hall–Kier alpha value is -2.37. The molecule has 0 bridgehead atoms. The van der Waals surface area contributed by atoms with E-state index in [1.54, 1.807) is 7.05 Å². The molecule has 0 unspecified atom stereocenters. The normalized spacial score (nSPS) is 10.8. The number of nitrogens with zero attached hydrogens (tertiary/aromatic N) is 2. The number of sulfonamides is 1. The SMILES string of the molecule is Cn1cc(NS(=O)(=O)c2ccc(F)cc2C#CCO)cn1. The van der Waals surface area contributed by atoms with Crippen molar-refractivity contribution in [2.75, 3.05) is 11.3 Å². The summed E-state index contributed by atoms with van der Waals surface area (Å²) in [6.45, 7) is -0.452. The summed E-state index contributed by atoms with van der Waals surface area (Å²) in [7, 11) is -2.29. The van der Waals surface area contributed by atoms with Gasteiger partial charge in [-0.25, -0.2) is 12.8 Å². The molecule has 0 aliphatic heterocycles. The van der Waals surface area contributed by atoms with Crippen LogP contribution in [-0.4, -0.2) is 29.9 Å². The predicted octanol–water partition coefficient (Wildman–Crippen LogP) is 0.704. The van der Waals surface area contributed by atoms with Gasteiger partial charge in [-0.3, -0.25) is 9.40 Å². The molecule has 2 N–H and O–H groups in total. The smallest absolute Gasteiger partial charge is 0.263 e. The molecule has 8 heteroatoms. The van der Waals surface area contributed by atoms with Crippen molar-refractivity contribution < 1.29 is 17.9 Å². The summed E-state index contributed by atoms with van der Waals surface area (Å²) in [5.74, 6) is 4.11. The molecule has 0 amide bonds. The van der Waals surface area contributed by atoms with Gasteiger partial charge in [0.05, 0.1) is 11.9 Å². The Labute approximate surface area is 121 Å².